The van der Waals surface area contributed by atoms with Gasteiger partial charge >= 0.3 is 0 Å². The lowest BCUT2D eigenvalue weighted by atomic mass is 10.2. The Labute approximate surface area is 164 Å². The van der Waals surface area contributed by atoms with E-state index in [1.807, 2.05) is 0 Å². The summed E-state index contributed by atoms with van der Waals surface area (Å²) in [5.41, 5.74) is 0.975. The highest BCUT2D eigenvalue weighted by molar-refractivity contribution is 5.94. The van der Waals surface area contributed by atoms with Gasteiger partial charge in [0.2, 0.25) is 0 Å². The van der Waals surface area contributed by atoms with Crippen molar-refractivity contribution in [3.63, 3.8) is 0 Å². The molecule has 1 aromatic heterocycles. The molecule has 0 atom stereocenters. The van der Waals surface area contributed by atoms with Gasteiger partial charge in [0.05, 0.1) is 18.8 Å². The van der Waals surface area contributed by atoms with Crippen molar-refractivity contribution < 1.29 is 14.3 Å². The Morgan fingerprint density at radius 3 is 2.82 bits per heavy atom. The maximum absolute atomic E-state index is 12.4. The third-order valence-electron chi connectivity index (χ3n) is 4.65. The fourth-order valence-corrected chi connectivity index (χ4v) is 3.19. The second-order valence-corrected chi connectivity index (χ2v) is 6.58. The second-order valence-electron chi connectivity index (χ2n) is 6.58. The van der Waals surface area contributed by atoms with Crippen molar-refractivity contribution in [2.45, 2.75) is 31.8 Å². The molecule has 0 unspecified atom stereocenters. The monoisotopic (exact) mass is 380 g/mol. The second kappa shape index (κ2) is 9.60. The van der Waals surface area contributed by atoms with E-state index in [2.05, 4.69) is 21.7 Å². The Hall–Kier alpha value is -3.27. The Kier molecular flexibility index (Phi) is 6.68. The summed E-state index contributed by atoms with van der Waals surface area (Å²) in [6.07, 6.45) is 6.34. The summed E-state index contributed by atoms with van der Waals surface area (Å²) < 4.78 is 11.4. The average molecular weight is 380 g/mol. The fraction of sp³-hybridized carbons (Fsp3) is 0.381. The number of aromatic nitrogens is 1. The van der Waals surface area contributed by atoms with E-state index in [9.17, 15) is 4.79 Å². The number of hydrogen-bond donors (Lipinski definition) is 2. The van der Waals surface area contributed by atoms with Crippen LogP contribution in [0.3, 0.4) is 0 Å². The number of pyridine rings is 1. The number of nitriles is 1. The van der Waals surface area contributed by atoms with Crippen molar-refractivity contribution in [2.75, 3.05) is 25.5 Å². The SMILES string of the molecule is COc1cc(C(=O)NCCNc2ncccc2C#N)ccc1OC1CCCC1. The number of anilines is 1. The third kappa shape index (κ3) is 4.92. The highest BCUT2D eigenvalue weighted by Crippen LogP contribution is 2.32. The maximum Gasteiger partial charge on any atom is 0.251 e. The van der Waals surface area contributed by atoms with Crippen molar-refractivity contribution in [3.8, 4) is 17.6 Å². The molecule has 3 rings (SSSR count). The highest BCUT2D eigenvalue weighted by Gasteiger charge is 2.19. The van der Waals surface area contributed by atoms with Crippen molar-refractivity contribution in [1.29, 1.82) is 5.26 Å². The van der Waals surface area contributed by atoms with Gasteiger partial charge in [-0.25, -0.2) is 4.98 Å². The lowest BCUT2D eigenvalue weighted by Gasteiger charge is -2.16. The molecule has 1 aliphatic rings. The van der Waals surface area contributed by atoms with Gasteiger partial charge in [0, 0.05) is 24.8 Å². The maximum atomic E-state index is 12.4. The zero-order valence-electron chi connectivity index (χ0n) is 15.9. The number of rotatable bonds is 8. The zero-order chi connectivity index (χ0) is 19.8. The lowest BCUT2D eigenvalue weighted by Crippen LogP contribution is -2.29. The van der Waals surface area contributed by atoms with Crippen LogP contribution in [0.2, 0.25) is 0 Å². The van der Waals surface area contributed by atoms with Gasteiger partial charge in [0.15, 0.2) is 11.5 Å². The molecule has 0 spiro atoms. The molecule has 0 radical (unpaired) electrons. The molecule has 146 valence electrons. The van der Waals surface area contributed by atoms with E-state index < -0.39 is 0 Å². The molecule has 2 aromatic rings. The predicted molar refractivity (Wildman–Crippen MR) is 106 cm³/mol. The predicted octanol–water partition coefficient (Wildman–Crippen LogP) is 3.13. The van der Waals surface area contributed by atoms with Gasteiger partial charge in [-0.15, -0.1) is 0 Å². The minimum absolute atomic E-state index is 0.200. The lowest BCUT2D eigenvalue weighted by molar-refractivity contribution is 0.0954. The number of methoxy groups -OCH3 is 1. The topological polar surface area (TPSA) is 96.3 Å². The van der Waals surface area contributed by atoms with E-state index in [1.54, 1.807) is 43.6 Å². The van der Waals surface area contributed by atoms with E-state index in [4.69, 9.17) is 14.7 Å². The number of amides is 1. The van der Waals surface area contributed by atoms with Gasteiger partial charge in [-0.2, -0.15) is 5.26 Å². The number of ether oxygens (including phenoxy) is 2. The molecule has 1 aromatic carbocycles. The third-order valence-corrected chi connectivity index (χ3v) is 4.65. The van der Waals surface area contributed by atoms with E-state index in [1.165, 1.54) is 12.8 Å². The number of carbonyl (C=O) groups excluding carboxylic acids is 1. The van der Waals surface area contributed by atoms with E-state index in [0.717, 1.165) is 12.8 Å². The van der Waals surface area contributed by atoms with Gasteiger partial charge in [0.1, 0.15) is 11.9 Å². The van der Waals surface area contributed by atoms with Gasteiger partial charge in [-0.1, -0.05) is 0 Å². The minimum atomic E-state index is -0.200. The normalized spacial score (nSPS) is 13.6. The van der Waals surface area contributed by atoms with Crippen LogP contribution in [0.25, 0.3) is 0 Å². The first kappa shape index (κ1) is 19.5. The van der Waals surface area contributed by atoms with Gasteiger partial charge < -0.3 is 20.1 Å². The summed E-state index contributed by atoms with van der Waals surface area (Å²) >= 11 is 0. The van der Waals surface area contributed by atoms with Crippen LogP contribution in [0.4, 0.5) is 5.82 Å². The van der Waals surface area contributed by atoms with Crippen molar-refractivity contribution in [2.24, 2.45) is 0 Å². The van der Waals surface area contributed by atoms with E-state index >= 15 is 0 Å². The standard InChI is InChI=1S/C21H24N4O3/c1-27-19-13-15(8-9-18(19)28-17-6-2-3-7-17)21(26)25-12-11-24-20-16(14-22)5-4-10-23-20/h4-5,8-10,13,17H,2-3,6-7,11-12H2,1H3,(H,23,24)(H,25,26). The van der Waals surface area contributed by atoms with Crippen LogP contribution in [0, 0.1) is 11.3 Å². The quantitative estimate of drug-likeness (QED) is 0.683. The molecular formula is C21H24N4O3. The Morgan fingerprint density at radius 1 is 1.25 bits per heavy atom. The molecule has 7 heteroatoms. The van der Waals surface area contributed by atoms with Crippen molar-refractivity contribution in [1.82, 2.24) is 10.3 Å². The molecule has 0 aliphatic heterocycles. The Balaban J connectivity index is 1.53. The fourth-order valence-electron chi connectivity index (χ4n) is 3.19. The average Bonchev–Trinajstić information content (AvgIpc) is 3.24. The van der Waals surface area contributed by atoms with Gasteiger partial charge in [-0.3, -0.25) is 4.79 Å². The number of benzene rings is 1. The Morgan fingerprint density at radius 2 is 2.07 bits per heavy atom. The van der Waals surface area contributed by atoms with Crippen LogP contribution < -0.4 is 20.1 Å². The van der Waals surface area contributed by atoms with Crippen LogP contribution in [0.5, 0.6) is 11.5 Å². The van der Waals surface area contributed by atoms with E-state index in [-0.39, 0.29) is 12.0 Å². The number of nitrogens with zero attached hydrogens (tertiary/aromatic N) is 2. The van der Waals surface area contributed by atoms with Crippen LogP contribution in [0.15, 0.2) is 36.5 Å². The Bertz CT molecular complexity index is 857. The minimum Gasteiger partial charge on any atom is -0.493 e. The van der Waals surface area contributed by atoms with E-state index in [0.29, 0.717) is 41.5 Å². The molecule has 1 heterocycles. The molecule has 7 nitrogen and oxygen atoms in total. The number of nitrogens with one attached hydrogen (secondary N) is 2. The van der Waals surface area contributed by atoms with Gasteiger partial charge in [-0.05, 0) is 56.0 Å². The summed E-state index contributed by atoms with van der Waals surface area (Å²) in [7, 11) is 1.57. The summed E-state index contributed by atoms with van der Waals surface area (Å²) in [6.45, 7) is 0.848. The van der Waals surface area contributed by atoms with Crippen LogP contribution >= 0.6 is 0 Å². The molecule has 1 amide bonds. The summed E-state index contributed by atoms with van der Waals surface area (Å²) in [6, 6.07) is 10.7. The first-order valence-corrected chi connectivity index (χ1v) is 9.43. The van der Waals surface area contributed by atoms with Crippen molar-refractivity contribution in [3.05, 3.63) is 47.7 Å². The molecule has 1 saturated carbocycles. The molecule has 0 saturated heterocycles. The largest absolute Gasteiger partial charge is 0.493 e. The van der Waals surface area contributed by atoms with Crippen molar-refractivity contribution >= 4 is 11.7 Å². The van der Waals surface area contributed by atoms with Crippen LogP contribution in [-0.2, 0) is 0 Å². The van der Waals surface area contributed by atoms with Crippen LogP contribution in [0.1, 0.15) is 41.6 Å². The van der Waals surface area contributed by atoms with Crippen LogP contribution in [-0.4, -0.2) is 37.2 Å². The summed E-state index contributed by atoms with van der Waals surface area (Å²) in [5, 5.41) is 14.9. The molecule has 0 bridgehead atoms. The number of hydrogen-bond acceptors (Lipinski definition) is 6. The summed E-state index contributed by atoms with van der Waals surface area (Å²) in [5.74, 6) is 1.54. The molecule has 2 N–H and O–H groups in total. The number of carbonyl (C=O) groups is 1. The summed E-state index contributed by atoms with van der Waals surface area (Å²) in [4.78, 5) is 16.5. The first-order valence-electron chi connectivity index (χ1n) is 9.43. The first-order chi connectivity index (χ1) is 13.7. The van der Waals surface area contributed by atoms with Gasteiger partial charge in [0.25, 0.3) is 5.91 Å². The zero-order valence-corrected chi connectivity index (χ0v) is 15.9. The smallest absolute Gasteiger partial charge is 0.251 e. The molecule has 1 fully saturated rings. The molecule has 1 aliphatic carbocycles. The molecular weight excluding hydrogens is 356 g/mol. The molecule has 28 heavy (non-hydrogen) atoms. The highest BCUT2D eigenvalue weighted by atomic mass is 16.5.